The summed E-state index contributed by atoms with van der Waals surface area (Å²) in [4.78, 5) is 13.9. The molecule has 5 aromatic rings. The zero-order valence-corrected chi connectivity index (χ0v) is 27.8. The quantitative estimate of drug-likeness (QED) is 0.200. The van der Waals surface area contributed by atoms with E-state index >= 15 is 0 Å². The highest BCUT2D eigenvalue weighted by Gasteiger charge is 2.58. The monoisotopic (exact) mass is 679 g/mol. The van der Waals surface area contributed by atoms with Crippen LogP contribution in [0, 0.1) is 0 Å². The van der Waals surface area contributed by atoms with Gasteiger partial charge in [-0.3, -0.25) is 15.1 Å². The van der Waals surface area contributed by atoms with Crippen LogP contribution in [-0.4, -0.2) is 27.5 Å². The van der Waals surface area contributed by atoms with Crippen molar-refractivity contribution >= 4 is 51.8 Å². The fraction of sp³-hybridized carbons (Fsp3) is 0.125. The van der Waals surface area contributed by atoms with Gasteiger partial charge in [0.05, 0.1) is 34.1 Å². The minimum atomic E-state index is -1.28. The minimum Gasteiger partial charge on any atom is -0.444 e. The average molecular weight is 680 g/mol. The van der Waals surface area contributed by atoms with E-state index in [0.29, 0.717) is 11.4 Å². The molecule has 0 bridgehead atoms. The van der Waals surface area contributed by atoms with Gasteiger partial charge in [-0.1, -0.05) is 115 Å². The van der Waals surface area contributed by atoms with Crippen molar-refractivity contribution in [3.63, 3.8) is 0 Å². The largest absolute Gasteiger partial charge is 0.444 e. The summed E-state index contributed by atoms with van der Waals surface area (Å²) in [7, 11) is 0. The number of hydrazone groups is 2. The lowest BCUT2D eigenvalue weighted by molar-refractivity contribution is -0.0949. The second kappa shape index (κ2) is 12.0. The molecule has 3 atom stereocenters. The molecule has 1 spiro atoms. The minimum absolute atomic E-state index is 0.0755. The van der Waals surface area contributed by atoms with Gasteiger partial charge in [-0.05, 0) is 70.4 Å². The Labute approximate surface area is 293 Å². The average Bonchev–Trinajstić information content (AvgIpc) is 3.87. The molecule has 9 heteroatoms. The van der Waals surface area contributed by atoms with Gasteiger partial charge in [-0.25, -0.2) is 5.01 Å². The number of anilines is 1. The molecule has 0 saturated carbocycles. The first kappa shape index (κ1) is 29.8. The smallest absolute Gasteiger partial charge is 0.314 e. The van der Waals surface area contributed by atoms with Crippen LogP contribution in [0.5, 0.6) is 5.75 Å². The van der Waals surface area contributed by atoms with Crippen LogP contribution in [0.25, 0.3) is 6.08 Å². The highest BCUT2D eigenvalue weighted by atomic mass is 35.5. The number of benzene rings is 5. The first-order chi connectivity index (χ1) is 24.0. The maximum absolute atomic E-state index is 13.2. The first-order valence-corrected chi connectivity index (χ1v) is 17.4. The van der Waals surface area contributed by atoms with Crippen molar-refractivity contribution in [3.8, 4) is 5.75 Å². The molecule has 1 saturated heterocycles. The van der Waals surface area contributed by atoms with Crippen molar-refractivity contribution in [2.45, 2.75) is 30.8 Å². The summed E-state index contributed by atoms with van der Waals surface area (Å²) in [5.74, 6) is -0.552. The van der Waals surface area contributed by atoms with Gasteiger partial charge in [0.1, 0.15) is 5.75 Å². The maximum Gasteiger partial charge on any atom is 0.314 e. The molecule has 9 rings (SSSR count). The summed E-state index contributed by atoms with van der Waals surface area (Å²) in [5, 5.41) is 17.9. The van der Waals surface area contributed by atoms with E-state index in [2.05, 4.69) is 89.2 Å². The van der Waals surface area contributed by atoms with Gasteiger partial charge in [0.2, 0.25) is 0 Å². The van der Waals surface area contributed by atoms with E-state index in [-0.39, 0.29) is 17.3 Å². The predicted molar refractivity (Wildman–Crippen MR) is 197 cm³/mol. The van der Waals surface area contributed by atoms with Gasteiger partial charge in [-0.15, -0.1) is 0 Å². The third-order valence-corrected chi connectivity index (χ3v) is 10.6. The van der Waals surface area contributed by atoms with E-state index in [4.69, 9.17) is 26.5 Å². The second-order valence-corrected chi connectivity index (χ2v) is 13.9. The Morgan fingerprint density at radius 2 is 1.41 bits per heavy atom. The number of rotatable bonds is 5. The molecule has 4 heterocycles. The van der Waals surface area contributed by atoms with Crippen LogP contribution in [0.2, 0.25) is 5.02 Å². The van der Waals surface area contributed by atoms with Crippen LogP contribution >= 0.6 is 23.4 Å². The zero-order chi connectivity index (χ0) is 33.0. The number of amides is 1. The van der Waals surface area contributed by atoms with Crippen molar-refractivity contribution in [2.24, 2.45) is 10.2 Å². The van der Waals surface area contributed by atoms with Gasteiger partial charge in [-0.2, -0.15) is 10.2 Å². The lowest BCUT2D eigenvalue weighted by atomic mass is 9.95. The van der Waals surface area contributed by atoms with Crippen molar-refractivity contribution in [1.29, 1.82) is 0 Å². The molecule has 0 aromatic heterocycles. The molecule has 240 valence electrons. The number of ether oxygens (including phenoxy) is 1. The Kier molecular flexibility index (Phi) is 7.29. The lowest BCUT2D eigenvalue weighted by Gasteiger charge is -2.45. The van der Waals surface area contributed by atoms with Gasteiger partial charge in [0, 0.05) is 23.4 Å². The van der Waals surface area contributed by atoms with E-state index in [1.165, 1.54) is 5.56 Å². The Morgan fingerprint density at radius 1 is 0.755 bits per heavy atom. The number of nitrogens with zero attached hydrogens (tertiary/aromatic N) is 4. The van der Waals surface area contributed by atoms with Gasteiger partial charge >= 0.3 is 5.85 Å². The Bertz CT molecular complexity index is 2160. The molecule has 49 heavy (non-hydrogen) atoms. The molecule has 1 N–H and O–H groups in total. The number of hydrogen-bond donors (Lipinski definition) is 1. The summed E-state index contributed by atoms with van der Waals surface area (Å²) in [6.07, 6.45) is 3.49. The fourth-order valence-electron chi connectivity index (χ4n) is 7.04. The molecule has 1 fully saturated rings. The molecule has 3 unspecified atom stereocenters. The van der Waals surface area contributed by atoms with Crippen molar-refractivity contribution in [2.75, 3.05) is 5.01 Å². The van der Waals surface area contributed by atoms with Crippen molar-refractivity contribution < 1.29 is 9.53 Å². The molecular weight excluding hydrogens is 650 g/mol. The Balaban J connectivity index is 1.08. The van der Waals surface area contributed by atoms with Crippen molar-refractivity contribution in [1.82, 2.24) is 10.3 Å². The fourth-order valence-corrected chi connectivity index (χ4v) is 8.08. The van der Waals surface area contributed by atoms with Crippen LogP contribution in [0.3, 0.4) is 0 Å². The number of thioether (sulfide) groups is 1. The number of carbonyl (C=O) groups excluding carboxylic acids is 1. The van der Waals surface area contributed by atoms with Gasteiger partial charge in [0.25, 0.3) is 5.24 Å². The van der Waals surface area contributed by atoms with Gasteiger partial charge < -0.3 is 4.74 Å². The first-order valence-electron chi connectivity index (χ1n) is 16.2. The van der Waals surface area contributed by atoms with Crippen LogP contribution in [0.1, 0.15) is 52.7 Å². The highest BCUT2D eigenvalue weighted by molar-refractivity contribution is 8.17. The van der Waals surface area contributed by atoms with Crippen molar-refractivity contribution in [3.05, 3.63) is 171 Å². The lowest BCUT2D eigenvalue weighted by Crippen LogP contribution is -2.61. The Morgan fingerprint density at radius 3 is 2.18 bits per heavy atom. The van der Waals surface area contributed by atoms with E-state index in [1.807, 2.05) is 65.7 Å². The summed E-state index contributed by atoms with van der Waals surface area (Å²) in [6.45, 7) is 0. The summed E-state index contributed by atoms with van der Waals surface area (Å²) in [6, 6.07) is 44.8. The number of halogens is 1. The number of carbonyl (C=O) groups is 1. The van der Waals surface area contributed by atoms with Crippen LogP contribution in [0.4, 0.5) is 10.5 Å². The number of para-hydroxylation sites is 1. The molecule has 1 amide bonds. The molecule has 4 aliphatic rings. The predicted octanol–water partition coefficient (Wildman–Crippen LogP) is 9.39. The van der Waals surface area contributed by atoms with E-state index in [0.717, 1.165) is 68.2 Å². The molecule has 7 nitrogen and oxygen atoms in total. The number of nitrogens with one attached hydrogen (secondary N) is 1. The third kappa shape index (κ3) is 5.28. The Hall–Kier alpha value is -5.31. The topological polar surface area (TPSA) is 69.5 Å². The molecule has 4 aliphatic heterocycles. The third-order valence-electron chi connectivity index (χ3n) is 9.41. The van der Waals surface area contributed by atoms with E-state index in [1.54, 1.807) is 0 Å². The summed E-state index contributed by atoms with van der Waals surface area (Å²) >= 11 is 7.33. The van der Waals surface area contributed by atoms with E-state index < -0.39 is 5.85 Å². The number of hydrogen-bond acceptors (Lipinski definition) is 7. The molecule has 0 aliphatic carbocycles. The van der Waals surface area contributed by atoms with Gasteiger partial charge in [0.15, 0.2) is 0 Å². The zero-order valence-electron chi connectivity index (χ0n) is 26.2. The number of fused-ring (bicyclic) bond motifs is 4. The summed E-state index contributed by atoms with van der Waals surface area (Å²) in [5.41, 5.74) is 8.25. The SMILES string of the molecule is O=C1NC2(Oc3ccccc3C3CC(c4ccc(Cl)cc4)=NN32)/C(=C/c2ccc(N3N=C(c4ccccc4)CC3c3ccccc3)cc2)S1. The molecule has 5 aromatic carbocycles. The second-order valence-electron chi connectivity index (χ2n) is 12.4. The summed E-state index contributed by atoms with van der Waals surface area (Å²) < 4.78 is 6.73. The van der Waals surface area contributed by atoms with Crippen LogP contribution in [0.15, 0.2) is 149 Å². The van der Waals surface area contributed by atoms with Crippen LogP contribution in [-0.2, 0) is 0 Å². The molecular formula is C40H30ClN5O2S. The normalized spacial score (nSPS) is 23.2. The maximum atomic E-state index is 13.2. The molecule has 0 radical (unpaired) electrons. The highest BCUT2D eigenvalue weighted by Crippen LogP contribution is 2.53. The standard InChI is InChI=1S/C40H30ClN5O2S/c41-30-19-17-28(18-20-30)34-25-36-32-13-7-8-14-37(32)48-40(46(36)44-34)38(49-39(47)42-40)23-26-15-21-31(22-16-26)45-35(29-11-5-2-6-12-29)24-33(43-45)27-9-3-1-4-10-27/h1-23,35-36H,24-25H2,(H,42,47)/b38-23-. The van der Waals surface area contributed by atoms with E-state index in [9.17, 15) is 4.79 Å². The van der Waals surface area contributed by atoms with Crippen LogP contribution < -0.4 is 15.1 Å².